The molecule has 0 aliphatic carbocycles. The van der Waals surface area contributed by atoms with Gasteiger partial charge in [-0.05, 0) is 11.1 Å². The summed E-state index contributed by atoms with van der Waals surface area (Å²) in [7, 11) is 0. The Morgan fingerprint density at radius 2 is 1.62 bits per heavy atom. The lowest BCUT2D eigenvalue weighted by Gasteiger charge is -2.16. The number of fused-ring (bicyclic) bond motifs is 1. The standard InChI is InChI=1S/C12H10ClN3/c13-11-12(15-6-5-14-11)16-7-9-3-1-2-4-10(9)8-16/h1-6H,7-8H2. The smallest absolute Gasteiger partial charge is 0.171 e. The molecule has 0 spiro atoms. The van der Waals surface area contributed by atoms with E-state index in [0.717, 1.165) is 18.9 Å². The van der Waals surface area contributed by atoms with Crippen LogP contribution in [0.25, 0.3) is 0 Å². The van der Waals surface area contributed by atoms with Crippen LogP contribution in [0.5, 0.6) is 0 Å². The average molecular weight is 232 g/mol. The van der Waals surface area contributed by atoms with Crippen molar-refractivity contribution in [3.8, 4) is 0 Å². The van der Waals surface area contributed by atoms with Crippen molar-refractivity contribution >= 4 is 17.4 Å². The summed E-state index contributed by atoms with van der Waals surface area (Å²) in [6.45, 7) is 1.71. The molecule has 0 atom stereocenters. The van der Waals surface area contributed by atoms with Crippen LogP contribution in [-0.2, 0) is 13.1 Å². The Labute approximate surface area is 98.7 Å². The lowest BCUT2D eigenvalue weighted by molar-refractivity contribution is 0.850. The summed E-state index contributed by atoms with van der Waals surface area (Å²) < 4.78 is 0. The van der Waals surface area contributed by atoms with Gasteiger partial charge in [0.25, 0.3) is 0 Å². The van der Waals surface area contributed by atoms with Gasteiger partial charge in [0.1, 0.15) is 0 Å². The van der Waals surface area contributed by atoms with Crippen molar-refractivity contribution in [1.82, 2.24) is 9.97 Å². The molecule has 0 saturated carbocycles. The van der Waals surface area contributed by atoms with E-state index >= 15 is 0 Å². The molecule has 1 aliphatic rings. The third-order valence-electron chi connectivity index (χ3n) is 2.78. The van der Waals surface area contributed by atoms with Gasteiger partial charge in [-0.3, -0.25) is 0 Å². The van der Waals surface area contributed by atoms with Crippen LogP contribution < -0.4 is 4.90 Å². The number of benzene rings is 1. The zero-order valence-corrected chi connectivity index (χ0v) is 9.35. The number of hydrogen-bond donors (Lipinski definition) is 0. The number of aromatic nitrogens is 2. The van der Waals surface area contributed by atoms with Gasteiger partial charge in [0.05, 0.1) is 0 Å². The Bertz CT molecular complexity index is 502. The maximum Gasteiger partial charge on any atom is 0.171 e. The third-order valence-corrected chi connectivity index (χ3v) is 3.04. The predicted octanol–water partition coefficient (Wildman–Crippen LogP) is 2.65. The Morgan fingerprint density at radius 3 is 2.25 bits per heavy atom. The molecule has 80 valence electrons. The highest BCUT2D eigenvalue weighted by molar-refractivity contribution is 6.31. The fourth-order valence-electron chi connectivity index (χ4n) is 2.01. The van der Waals surface area contributed by atoms with Gasteiger partial charge in [0.2, 0.25) is 0 Å². The van der Waals surface area contributed by atoms with E-state index in [0.29, 0.717) is 5.15 Å². The molecule has 0 amide bonds. The zero-order chi connectivity index (χ0) is 11.0. The Kier molecular flexibility index (Phi) is 2.26. The van der Waals surface area contributed by atoms with Crippen LogP contribution in [0.2, 0.25) is 5.15 Å². The number of nitrogens with zero attached hydrogens (tertiary/aromatic N) is 3. The molecule has 1 aliphatic heterocycles. The van der Waals surface area contributed by atoms with Gasteiger partial charge in [-0.25, -0.2) is 9.97 Å². The molecule has 0 bridgehead atoms. The van der Waals surface area contributed by atoms with E-state index in [9.17, 15) is 0 Å². The number of halogens is 1. The van der Waals surface area contributed by atoms with Crippen LogP contribution in [0.1, 0.15) is 11.1 Å². The fourth-order valence-corrected chi connectivity index (χ4v) is 2.23. The first-order chi connectivity index (χ1) is 7.84. The monoisotopic (exact) mass is 231 g/mol. The van der Waals surface area contributed by atoms with Gasteiger partial charge in [-0.2, -0.15) is 0 Å². The highest BCUT2D eigenvalue weighted by Crippen LogP contribution is 2.29. The second-order valence-electron chi connectivity index (χ2n) is 3.80. The van der Waals surface area contributed by atoms with Crippen LogP contribution in [-0.4, -0.2) is 9.97 Å². The molecule has 16 heavy (non-hydrogen) atoms. The molecular formula is C12H10ClN3. The molecule has 2 aromatic rings. The van der Waals surface area contributed by atoms with Crippen molar-refractivity contribution in [1.29, 1.82) is 0 Å². The first-order valence-corrected chi connectivity index (χ1v) is 5.50. The van der Waals surface area contributed by atoms with Crippen LogP contribution in [0.3, 0.4) is 0 Å². The average Bonchev–Trinajstić information content (AvgIpc) is 2.73. The van der Waals surface area contributed by atoms with E-state index in [1.165, 1.54) is 11.1 Å². The Morgan fingerprint density at radius 1 is 1.00 bits per heavy atom. The van der Waals surface area contributed by atoms with E-state index in [1.807, 2.05) is 0 Å². The second kappa shape index (κ2) is 3.76. The fraction of sp³-hybridized carbons (Fsp3) is 0.167. The van der Waals surface area contributed by atoms with Crippen molar-refractivity contribution in [2.24, 2.45) is 0 Å². The van der Waals surface area contributed by atoms with Gasteiger partial charge < -0.3 is 4.90 Å². The third kappa shape index (κ3) is 1.53. The van der Waals surface area contributed by atoms with Crippen molar-refractivity contribution in [3.05, 3.63) is 52.9 Å². The molecule has 0 radical (unpaired) electrons. The van der Waals surface area contributed by atoms with E-state index in [1.54, 1.807) is 12.4 Å². The van der Waals surface area contributed by atoms with E-state index in [4.69, 9.17) is 11.6 Å². The van der Waals surface area contributed by atoms with E-state index in [2.05, 4.69) is 39.1 Å². The lowest BCUT2D eigenvalue weighted by atomic mass is 10.1. The van der Waals surface area contributed by atoms with Crippen LogP contribution >= 0.6 is 11.6 Å². The van der Waals surface area contributed by atoms with Crippen molar-refractivity contribution in [2.75, 3.05) is 4.90 Å². The number of rotatable bonds is 1. The predicted molar refractivity (Wildman–Crippen MR) is 63.4 cm³/mol. The summed E-state index contributed by atoms with van der Waals surface area (Å²) in [4.78, 5) is 10.5. The molecule has 2 heterocycles. The van der Waals surface area contributed by atoms with Gasteiger partial charge in [-0.15, -0.1) is 0 Å². The summed E-state index contributed by atoms with van der Waals surface area (Å²) in [5, 5.41) is 0.468. The minimum atomic E-state index is 0.468. The summed E-state index contributed by atoms with van der Waals surface area (Å²) in [5.74, 6) is 0.764. The van der Waals surface area contributed by atoms with Crippen molar-refractivity contribution in [3.63, 3.8) is 0 Å². The zero-order valence-electron chi connectivity index (χ0n) is 8.60. The van der Waals surface area contributed by atoms with Crippen LogP contribution in [0.15, 0.2) is 36.7 Å². The van der Waals surface area contributed by atoms with Crippen molar-refractivity contribution in [2.45, 2.75) is 13.1 Å². The molecular weight excluding hydrogens is 222 g/mol. The molecule has 4 heteroatoms. The normalized spacial score (nSPS) is 13.9. The van der Waals surface area contributed by atoms with Crippen LogP contribution in [0, 0.1) is 0 Å². The molecule has 0 unspecified atom stereocenters. The van der Waals surface area contributed by atoms with Gasteiger partial charge in [-0.1, -0.05) is 35.9 Å². The summed E-state index contributed by atoms with van der Waals surface area (Å²) in [5.41, 5.74) is 2.67. The Balaban J connectivity index is 1.95. The first-order valence-electron chi connectivity index (χ1n) is 5.13. The van der Waals surface area contributed by atoms with Gasteiger partial charge >= 0.3 is 0 Å². The lowest BCUT2D eigenvalue weighted by Crippen LogP contribution is -2.16. The highest BCUT2D eigenvalue weighted by atomic mass is 35.5. The maximum atomic E-state index is 6.03. The van der Waals surface area contributed by atoms with E-state index in [-0.39, 0.29) is 0 Å². The number of hydrogen-bond acceptors (Lipinski definition) is 3. The van der Waals surface area contributed by atoms with E-state index < -0.39 is 0 Å². The quantitative estimate of drug-likeness (QED) is 0.756. The largest absolute Gasteiger partial charge is 0.345 e. The summed E-state index contributed by atoms with van der Waals surface area (Å²) in [6, 6.07) is 8.39. The summed E-state index contributed by atoms with van der Waals surface area (Å²) >= 11 is 6.03. The molecule has 0 saturated heterocycles. The Hall–Kier alpha value is -1.61. The molecule has 1 aromatic heterocycles. The van der Waals surface area contributed by atoms with Crippen LogP contribution in [0.4, 0.5) is 5.82 Å². The molecule has 0 N–H and O–H groups in total. The van der Waals surface area contributed by atoms with Gasteiger partial charge in [0.15, 0.2) is 11.0 Å². The SMILES string of the molecule is Clc1nccnc1N1Cc2ccccc2C1. The molecule has 3 nitrogen and oxygen atoms in total. The minimum absolute atomic E-state index is 0.468. The minimum Gasteiger partial charge on any atom is -0.345 e. The second-order valence-corrected chi connectivity index (χ2v) is 4.15. The highest BCUT2D eigenvalue weighted by Gasteiger charge is 2.21. The molecule has 0 fully saturated rings. The summed E-state index contributed by atoms with van der Waals surface area (Å²) in [6.07, 6.45) is 3.28. The topological polar surface area (TPSA) is 29.0 Å². The maximum absolute atomic E-state index is 6.03. The van der Waals surface area contributed by atoms with Gasteiger partial charge in [0, 0.05) is 25.5 Å². The molecule has 3 rings (SSSR count). The molecule has 1 aromatic carbocycles. The van der Waals surface area contributed by atoms with Crippen molar-refractivity contribution < 1.29 is 0 Å². The number of anilines is 1. The first kappa shape index (κ1) is 9.60.